The molecule has 0 aromatic heterocycles. The van der Waals surface area contributed by atoms with E-state index in [1.807, 2.05) is 20.0 Å². The van der Waals surface area contributed by atoms with Gasteiger partial charge in [0.05, 0.1) is 0 Å². The Bertz CT molecular complexity index is 489. The molecule has 1 saturated heterocycles. The van der Waals surface area contributed by atoms with Gasteiger partial charge in [0.2, 0.25) is 0 Å². The summed E-state index contributed by atoms with van der Waals surface area (Å²) >= 11 is 0. The first-order chi connectivity index (χ1) is 9.93. The first-order valence-corrected chi connectivity index (χ1v) is 7.82. The van der Waals surface area contributed by atoms with Crippen molar-refractivity contribution >= 4 is 5.69 Å². The predicted octanol–water partition coefficient (Wildman–Crippen LogP) is 2.94. The first-order valence-electron chi connectivity index (χ1n) is 7.82. The molecule has 0 saturated carbocycles. The Morgan fingerprint density at radius 1 is 1.48 bits per heavy atom. The highest BCUT2D eigenvalue weighted by molar-refractivity contribution is 5.56. The molecule has 2 unspecified atom stereocenters. The van der Waals surface area contributed by atoms with E-state index >= 15 is 0 Å². The quantitative estimate of drug-likeness (QED) is 0.900. The largest absolute Gasteiger partial charge is 0.373 e. The highest BCUT2D eigenvalue weighted by atomic mass is 19.1. The zero-order chi connectivity index (χ0) is 15.6. The number of anilines is 1. The maximum atomic E-state index is 13.9. The van der Waals surface area contributed by atoms with Crippen LogP contribution in [0.25, 0.3) is 0 Å². The molecule has 0 spiro atoms. The number of nitrogens with zero attached hydrogens (tertiary/aromatic N) is 2. The fraction of sp³-hybridized carbons (Fsp3) is 0.647. The van der Waals surface area contributed by atoms with Crippen molar-refractivity contribution in [1.82, 2.24) is 10.2 Å². The van der Waals surface area contributed by atoms with Gasteiger partial charge in [-0.05, 0) is 70.6 Å². The Labute approximate surface area is 128 Å². The molecular formula is C17H28FN3. The molecule has 1 aliphatic rings. The normalized spacial score (nSPS) is 20.8. The van der Waals surface area contributed by atoms with E-state index in [-0.39, 0.29) is 11.9 Å². The SMILES string of the molecule is CNC(C)c1cc(F)c(C)cc1N(C)CC1CCCN1C. The van der Waals surface area contributed by atoms with Gasteiger partial charge in [0.25, 0.3) is 0 Å². The molecule has 21 heavy (non-hydrogen) atoms. The molecule has 118 valence electrons. The van der Waals surface area contributed by atoms with Gasteiger partial charge in [0, 0.05) is 31.4 Å². The second-order valence-electron chi connectivity index (χ2n) is 6.33. The van der Waals surface area contributed by atoms with Crippen LogP contribution in [0.15, 0.2) is 12.1 Å². The number of rotatable bonds is 5. The molecule has 4 heteroatoms. The lowest BCUT2D eigenvalue weighted by Gasteiger charge is -2.30. The van der Waals surface area contributed by atoms with Gasteiger partial charge < -0.3 is 15.1 Å². The first kappa shape index (κ1) is 16.2. The molecule has 3 nitrogen and oxygen atoms in total. The molecule has 1 aliphatic heterocycles. The molecule has 0 radical (unpaired) electrons. The summed E-state index contributed by atoms with van der Waals surface area (Å²) in [5, 5.41) is 3.22. The van der Waals surface area contributed by atoms with Crippen LogP contribution in [0.2, 0.25) is 0 Å². The topological polar surface area (TPSA) is 18.5 Å². The van der Waals surface area contributed by atoms with E-state index in [4.69, 9.17) is 0 Å². The van der Waals surface area contributed by atoms with Crippen LogP contribution in [0.1, 0.15) is 36.9 Å². The number of nitrogens with one attached hydrogen (secondary N) is 1. The van der Waals surface area contributed by atoms with Gasteiger partial charge in [-0.1, -0.05) is 0 Å². The fourth-order valence-corrected chi connectivity index (χ4v) is 3.14. The molecule has 1 aromatic rings. The van der Waals surface area contributed by atoms with Crippen LogP contribution in [0.3, 0.4) is 0 Å². The zero-order valence-electron chi connectivity index (χ0n) is 13.9. The number of hydrogen-bond donors (Lipinski definition) is 1. The summed E-state index contributed by atoms with van der Waals surface area (Å²) in [5.41, 5.74) is 2.88. The number of halogens is 1. The summed E-state index contributed by atoms with van der Waals surface area (Å²) < 4.78 is 13.9. The number of aryl methyl sites for hydroxylation is 1. The molecular weight excluding hydrogens is 265 g/mol. The van der Waals surface area contributed by atoms with E-state index in [9.17, 15) is 4.39 Å². The van der Waals surface area contributed by atoms with Crippen LogP contribution in [0.4, 0.5) is 10.1 Å². The van der Waals surface area contributed by atoms with Crippen molar-refractivity contribution in [2.45, 2.75) is 38.8 Å². The molecule has 0 aliphatic carbocycles. The van der Waals surface area contributed by atoms with Crippen LogP contribution < -0.4 is 10.2 Å². The standard InChI is InChI=1S/C17H28FN3/c1-12-9-17(15(10-16(12)18)13(2)19-3)21(5)11-14-7-6-8-20(14)4/h9-10,13-14,19H,6-8,11H2,1-5H3. The van der Waals surface area contributed by atoms with Gasteiger partial charge in [-0.2, -0.15) is 0 Å². The van der Waals surface area contributed by atoms with Crippen molar-refractivity contribution < 1.29 is 4.39 Å². The van der Waals surface area contributed by atoms with Crippen molar-refractivity contribution in [3.63, 3.8) is 0 Å². The smallest absolute Gasteiger partial charge is 0.126 e. The van der Waals surface area contributed by atoms with Crippen LogP contribution in [0.5, 0.6) is 0 Å². The van der Waals surface area contributed by atoms with Gasteiger partial charge in [0.15, 0.2) is 0 Å². The van der Waals surface area contributed by atoms with Crippen molar-refractivity contribution in [2.75, 3.05) is 39.1 Å². The van der Waals surface area contributed by atoms with Crippen LogP contribution in [0, 0.1) is 12.7 Å². The second kappa shape index (κ2) is 6.75. The minimum absolute atomic E-state index is 0.123. The summed E-state index contributed by atoms with van der Waals surface area (Å²) in [7, 11) is 6.22. The van der Waals surface area contributed by atoms with E-state index in [1.165, 1.54) is 19.4 Å². The minimum atomic E-state index is -0.123. The third kappa shape index (κ3) is 3.55. The molecule has 0 bridgehead atoms. The molecule has 0 amide bonds. The van der Waals surface area contributed by atoms with Crippen molar-refractivity contribution in [2.24, 2.45) is 0 Å². The maximum Gasteiger partial charge on any atom is 0.126 e. The van der Waals surface area contributed by atoms with E-state index < -0.39 is 0 Å². The van der Waals surface area contributed by atoms with E-state index in [1.54, 1.807) is 6.07 Å². The number of likely N-dealkylation sites (tertiary alicyclic amines) is 1. The highest BCUT2D eigenvalue weighted by Crippen LogP contribution is 2.29. The Kier molecular flexibility index (Phi) is 5.22. The summed E-state index contributed by atoms with van der Waals surface area (Å²) in [6.07, 6.45) is 2.52. The van der Waals surface area contributed by atoms with Crippen molar-refractivity contribution in [3.8, 4) is 0 Å². The molecule has 1 fully saturated rings. The monoisotopic (exact) mass is 293 g/mol. The van der Waals surface area contributed by atoms with E-state index in [2.05, 4.69) is 36.1 Å². The summed E-state index contributed by atoms with van der Waals surface area (Å²) in [4.78, 5) is 4.70. The Hall–Kier alpha value is -1.13. The van der Waals surface area contributed by atoms with Gasteiger partial charge in [-0.25, -0.2) is 4.39 Å². The average Bonchev–Trinajstić information content (AvgIpc) is 2.85. The fourth-order valence-electron chi connectivity index (χ4n) is 3.14. The lowest BCUT2D eigenvalue weighted by molar-refractivity contribution is 0.314. The van der Waals surface area contributed by atoms with E-state index in [0.717, 1.165) is 17.8 Å². The van der Waals surface area contributed by atoms with Crippen LogP contribution in [-0.2, 0) is 0 Å². The molecule has 1 aromatic carbocycles. The molecule has 1 heterocycles. The summed E-state index contributed by atoms with van der Waals surface area (Å²) in [6, 6.07) is 4.39. The highest BCUT2D eigenvalue weighted by Gasteiger charge is 2.24. The third-order valence-electron chi connectivity index (χ3n) is 4.77. The van der Waals surface area contributed by atoms with Gasteiger partial charge in [-0.3, -0.25) is 0 Å². The summed E-state index contributed by atoms with van der Waals surface area (Å²) in [6.45, 7) is 6.08. The Balaban J connectivity index is 2.26. The summed E-state index contributed by atoms with van der Waals surface area (Å²) in [5.74, 6) is -0.123. The zero-order valence-corrected chi connectivity index (χ0v) is 13.9. The maximum absolute atomic E-state index is 13.9. The van der Waals surface area contributed by atoms with Gasteiger partial charge >= 0.3 is 0 Å². The third-order valence-corrected chi connectivity index (χ3v) is 4.77. The Morgan fingerprint density at radius 2 is 2.19 bits per heavy atom. The van der Waals surface area contributed by atoms with Crippen LogP contribution in [-0.4, -0.2) is 45.2 Å². The second-order valence-corrected chi connectivity index (χ2v) is 6.33. The van der Waals surface area contributed by atoms with Gasteiger partial charge in [0.1, 0.15) is 5.82 Å². The van der Waals surface area contributed by atoms with Gasteiger partial charge in [-0.15, -0.1) is 0 Å². The number of hydrogen-bond acceptors (Lipinski definition) is 3. The van der Waals surface area contributed by atoms with Crippen LogP contribution >= 0.6 is 0 Å². The molecule has 2 rings (SSSR count). The van der Waals surface area contributed by atoms with E-state index in [0.29, 0.717) is 11.6 Å². The lowest BCUT2D eigenvalue weighted by atomic mass is 10.0. The average molecular weight is 293 g/mol. The molecule has 2 atom stereocenters. The van der Waals surface area contributed by atoms with Crippen molar-refractivity contribution in [3.05, 3.63) is 29.1 Å². The minimum Gasteiger partial charge on any atom is -0.373 e. The Morgan fingerprint density at radius 3 is 2.76 bits per heavy atom. The van der Waals surface area contributed by atoms with Crippen molar-refractivity contribution in [1.29, 1.82) is 0 Å². The number of likely N-dealkylation sites (N-methyl/N-ethyl adjacent to an activating group) is 2. The predicted molar refractivity (Wildman–Crippen MR) is 87.5 cm³/mol. The lowest BCUT2D eigenvalue weighted by Crippen LogP contribution is -2.37. The number of benzene rings is 1. The molecule has 1 N–H and O–H groups in total.